The lowest BCUT2D eigenvalue weighted by molar-refractivity contribution is -0.126. The Morgan fingerprint density at radius 2 is 2.16 bits per heavy atom. The molecule has 0 aliphatic carbocycles. The van der Waals surface area contributed by atoms with Crippen molar-refractivity contribution < 1.29 is 17.9 Å². The first-order valence-electron chi connectivity index (χ1n) is 8.86. The number of hydrogen-bond acceptors (Lipinski definition) is 5. The fourth-order valence-corrected chi connectivity index (χ4v) is 5.67. The predicted molar refractivity (Wildman–Crippen MR) is 99.1 cm³/mol. The zero-order chi connectivity index (χ0) is 18.3. The van der Waals surface area contributed by atoms with E-state index in [0.717, 1.165) is 19.3 Å². The normalized spacial score (nSPS) is 18.2. The Morgan fingerprint density at radius 1 is 1.44 bits per heavy atom. The van der Waals surface area contributed by atoms with E-state index in [1.807, 2.05) is 13.8 Å². The van der Waals surface area contributed by atoms with Crippen molar-refractivity contribution in [2.45, 2.75) is 37.3 Å². The molecule has 142 valence electrons. The highest BCUT2D eigenvalue weighted by Crippen LogP contribution is 2.29. The van der Waals surface area contributed by atoms with Gasteiger partial charge in [0.1, 0.15) is 4.21 Å². The quantitative estimate of drug-likeness (QED) is 0.659. The third kappa shape index (κ3) is 5.51. The van der Waals surface area contributed by atoms with Gasteiger partial charge in [0.05, 0.1) is 0 Å². The first-order chi connectivity index (χ1) is 12.0. The third-order valence-electron chi connectivity index (χ3n) is 4.68. The van der Waals surface area contributed by atoms with E-state index in [4.69, 9.17) is 4.74 Å². The van der Waals surface area contributed by atoms with Crippen molar-refractivity contribution in [2.75, 3.05) is 32.8 Å². The number of carbonyl (C=O) groups is 1. The van der Waals surface area contributed by atoms with Gasteiger partial charge in [0.25, 0.3) is 10.0 Å². The second-order valence-electron chi connectivity index (χ2n) is 6.30. The van der Waals surface area contributed by atoms with Crippen molar-refractivity contribution in [3.8, 4) is 0 Å². The lowest BCUT2D eigenvalue weighted by atomic mass is 9.85. The van der Waals surface area contributed by atoms with E-state index in [0.29, 0.717) is 37.1 Å². The molecule has 1 atom stereocenters. The number of rotatable bonds is 9. The summed E-state index contributed by atoms with van der Waals surface area (Å²) in [5.41, 5.74) is 0. The lowest BCUT2D eigenvalue weighted by Gasteiger charge is -2.33. The van der Waals surface area contributed by atoms with Crippen LogP contribution in [0.5, 0.6) is 0 Å². The highest BCUT2D eigenvalue weighted by Gasteiger charge is 2.33. The zero-order valence-corrected chi connectivity index (χ0v) is 16.6. The number of piperidine rings is 1. The maximum absolute atomic E-state index is 12.5. The van der Waals surface area contributed by atoms with Crippen LogP contribution in [0.3, 0.4) is 0 Å². The van der Waals surface area contributed by atoms with Crippen LogP contribution in [0.1, 0.15) is 33.1 Å². The van der Waals surface area contributed by atoms with Crippen molar-refractivity contribution in [1.29, 1.82) is 0 Å². The smallest absolute Gasteiger partial charge is 0.252 e. The van der Waals surface area contributed by atoms with Crippen LogP contribution in [0.25, 0.3) is 0 Å². The van der Waals surface area contributed by atoms with E-state index in [-0.39, 0.29) is 17.7 Å². The van der Waals surface area contributed by atoms with E-state index < -0.39 is 10.0 Å². The summed E-state index contributed by atoms with van der Waals surface area (Å²) < 4.78 is 32.3. The zero-order valence-electron chi connectivity index (χ0n) is 14.9. The van der Waals surface area contributed by atoms with E-state index in [1.54, 1.807) is 21.8 Å². The van der Waals surface area contributed by atoms with Gasteiger partial charge in [-0.3, -0.25) is 4.79 Å². The first kappa shape index (κ1) is 20.4. The second-order valence-corrected chi connectivity index (χ2v) is 9.42. The van der Waals surface area contributed by atoms with Crippen LogP contribution in [0.15, 0.2) is 21.7 Å². The Morgan fingerprint density at radius 3 is 2.76 bits per heavy atom. The predicted octanol–water partition coefficient (Wildman–Crippen LogP) is 2.33. The van der Waals surface area contributed by atoms with Crippen LogP contribution in [0.2, 0.25) is 0 Å². The molecule has 8 heteroatoms. The van der Waals surface area contributed by atoms with Gasteiger partial charge in [0.2, 0.25) is 5.91 Å². The summed E-state index contributed by atoms with van der Waals surface area (Å²) in [4.78, 5) is 12.3. The van der Waals surface area contributed by atoms with Crippen molar-refractivity contribution in [1.82, 2.24) is 9.62 Å². The largest absolute Gasteiger partial charge is 0.382 e. The molecule has 2 heterocycles. The lowest BCUT2D eigenvalue weighted by Crippen LogP contribution is -2.42. The summed E-state index contributed by atoms with van der Waals surface area (Å²) >= 11 is 1.25. The van der Waals surface area contributed by atoms with Gasteiger partial charge in [-0.25, -0.2) is 8.42 Å². The van der Waals surface area contributed by atoms with E-state index in [1.165, 1.54) is 11.3 Å². The standard InChI is InChI=1S/C17H28N2O4S2/c1-3-23-12-5-9-18-17(20)14(2)15-7-10-19(11-8-15)25(21,22)16-6-4-13-24-16/h4,6,13-15H,3,5,7-12H2,1-2H3,(H,18,20)/t14-/m1/s1. The maximum Gasteiger partial charge on any atom is 0.252 e. The first-order valence-corrected chi connectivity index (χ1v) is 11.2. The van der Waals surface area contributed by atoms with Gasteiger partial charge < -0.3 is 10.1 Å². The summed E-state index contributed by atoms with van der Waals surface area (Å²) in [6.07, 6.45) is 2.25. The summed E-state index contributed by atoms with van der Waals surface area (Å²) in [5, 5.41) is 4.73. The van der Waals surface area contributed by atoms with Crippen LogP contribution >= 0.6 is 11.3 Å². The molecule has 1 fully saturated rings. The third-order valence-corrected chi connectivity index (χ3v) is 7.95. The van der Waals surface area contributed by atoms with Gasteiger partial charge in [0.15, 0.2) is 0 Å². The van der Waals surface area contributed by atoms with Crippen LogP contribution in [-0.4, -0.2) is 51.5 Å². The Balaban J connectivity index is 1.78. The Kier molecular flexibility index (Phi) is 7.86. The highest BCUT2D eigenvalue weighted by molar-refractivity contribution is 7.91. The van der Waals surface area contributed by atoms with E-state index in [9.17, 15) is 13.2 Å². The fourth-order valence-electron chi connectivity index (χ4n) is 3.06. The molecule has 0 bridgehead atoms. The van der Waals surface area contributed by atoms with Gasteiger partial charge >= 0.3 is 0 Å². The molecule has 25 heavy (non-hydrogen) atoms. The number of carbonyl (C=O) groups excluding carboxylic acids is 1. The molecule has 0 saturated carbocycles. The van der Waals surface area contributed by atoms with Gasteiger partial charge in [-0.2, -0.15) is 4.31 Å². The van der Waals surface area contributed by atoms with Gasteiger partial charge in [0, 0.05) is 38.8 Å². The monoisotopic (exact) mass is 388 g/mol. The molecule has 1 aliphatic heterocycles. The molecule has 0 spiro atoms. The summed E-state index contributed by atoms with van der Waals surface area (Å²) in [6.45, 7) is 6.81. The molecule has 1 amide bonds. The molecule has 0 radical (unpaired) electrons. The SMILES string of the molecule is CCOCCCNC(=O)[C@H](C)C1CCN(S(=O)(=O)c2cccs2)CC1. The van der Waals surface area contributed by atoms with Gasteiger partial charge in [-0.15, -0.1) is 11.3 Å². The molecule has 1 aromatic rings. The molecule has 1 N–H and O–H groups in total. The number of amides is 1. The van der Waals surface area contributed by atoms with E-state index >= 15 is 0 Å². The maximum atomic E-state index is 12.5. The van der Waals surface area contributed by atoms with Crippen LogP contribution in [-0.2, 0) is 19.6 Å². The highest BCUT2D eigenvalue weighted by atomic mass is 32.2. The topological polar surface area (TPSA) is 75.7 Å². The summed E-state index contributed by atoms with van der Waals surface area (Å²) in [7, 11) is -3.37. The Bertz CT molecular complexity index is 623. The number of thiophene rings is 1. The molecule has 6 nitrogen and oxygen atoms in total. The molecular formula is C17H28N2O4S2. The van der Waals surface area contributed by atoms with Gasteiger partial charge in [-0.05, 0) is 43.6 Å². The molecular weight excluding hydrogens is 360 g/mol. The minimum atomic E-state index is -3.37. The minimum absolute atomic E-state index is 0.0519. The van der Waals surface area contributed by atoms with Crippen LogP contribution in [0.4, 0.5) is 0 Å². The van der Waals surface area contributed by atoms with Gasteiger partial charge in [-0.1, -0.05) is 13.0 Å². The molecule has 0 unspecified atom stereocenters. The summed E-state index contributed by atoms with van der Waals surface area (Å²) in [6, 6.07) is 3.40. The second kappa shape index (κ2) is 9.66. The number of ether oxygens (including phenoxy) is 1. The van der Waals surface area contributed by atoms with E-state index in [2.05, 4.69) is 5.32 Å². The Labute approximate surface area is 154 Å². The molecule has 1 saturated heterocycles. The molecule has 2 rings (SSSR count). The summed E-state index contributed by atoms with van der Waals surface area (Å²) in [5.74, 6) is 0.177. The Hall–Kier alpha value is -0.960. The van der Waals surface area contributed by atoms with Crippen LogP contribution < -0.4 is 5.32 Å². The number of nitrogens with one attached hydrogen (secondary N) is 1. The minimum Gasteiger partial charge on any atom is -0.382 e. The van der Waals surface area contributed by atoms with Crippen molar-refractivity contribution >= 4 is 27.3 Å². The fraction of sp³-hybridized carbons (Fsp3) is 0.706. The molecule has 0 aromatic carbocycles. The number of sulfonamides is 1. The average Bonchev–Trinajstić information content (AvgIpc) is 3.16. The molecule has 1 aromatic heterocycles. The average molecular weight is 389 g/mol. The van der Waals surface area contributed by atoms with Crippen molar-refractivity contribution in [3.05, 3.63) is 17.5 Å². The number of nitrogens with zero attached hydrogens (tertiary/aromatic N) is 1. The van der Waals surface area contributed by atoms with Crippen molar-refractivity contribution in [3.63, 3.8) is 0 Å². The van der Waals surface area contributed by atoms with Crippen molar-refractivity contribution in [2.24, 2.45) is 11.8 Å². The number of hydrogen-bond donors (Lipinski definition) is 1. The van der Waals surface area contributed by atoms with Crippen LogP contribution in [0, 0.1) is 11.8 Å². The molecule has 1 aliphatic rings.